The van der Waals surface area contributed by atoms with E-state index in [9.17, 15) is 28.8 Å². The number of nitrogen functional groups attached to an aromatic ring is 1. The Morgan fingerprint density at radius 2 is 1.64 bits per heavy atom. The van der Waals surface area contributed by atoms with Crippen molar-refractivity contribution in [2.45, 2.75) is 24.5 Å². The fraction of sp³-hybridized carbons (Fsp3) is 0.500. The molecule has 2 aromatic heterocycles. The van der Waals surface area contributed by atoms with Gasteiger partial charge in [-0.15, -0.1) is 0 Å². The number of fused-ring (bicyclic) bond motifs is 1. The van der Waals surface area contributed by atoms with E-state index in [2.05, 4.69) is 28.1 Å². The summed E-state index contributed by atoms with van der Waals surface area (Å²) < 4.78 is 51.9. The van der Waals surface area contributed by atoms with E-state index in [0.29, 0.717) is 0 Å². The number of nitrogens with two attached hydrogens (primary N) is 1. The van der Waals surface area contributed by atoms with Crippen molar-refractivity contribution < 1.29 is 61.4 Å². The van der Waals surface area contributed by atoms with E-state index in [1.54, 1.807) is 0 Å². The van der Waals surface area contributed by atoms with Crippen LogP contribution in [0.5, 0.6) is 0 Å². The third kappa shape index (κ3) is 8.73. The van der Waals surface area contributed by atoms with Crippen LogP contribution in [0.15, 0.2) is 12.7 Å². The number of hydrogen-bond acceptors (Lipinski definition) is 13. The van der Waals surface area contributed by atoms with Crippen molar-refractivity contribution in [1.29, 1.82) is 0 Å². The zero-order valence-electron chi connectivity index (χ0n) is 14.9. The number of imidazole rings is 1. The Balaban J connectivity index is 0.00000272. The van der Waals surface area contributed by atoms with Gasteiger partial charge in [0, 0.05) is 0 Å². The molecule has 0 spiro atoms. The summed E-state index contributed by atoms with van der Waals surface area (Å²) in [7, 11) is -16.7. The Kier molecular flexibility index (Phi) is 12.6. The molecule has 0 radical (unpaired) electrons. The molecule has 6 atom stereocenters. The second kappa shape index (κ2) is 12.6. The third-order valence-electron chi connectivity index (χ3n) is 3.82. The number of hydrogen-bond donors (Lipinski definition) is 7. The molecule has 0 saturated carbocycles. The molecule has 8 N–H and O–H groups in total. The first-order valence-electron chi connectivity index (χ1n) is 7.92. The van der Waals surface area contributed by atoms with Crippen molar-refractivity contribution in [3.63, 3.8) is 0 Å². The molecule has 18 nitrogen and oxygen atoms in total. The van der Waals surface area contributed by atoms with Crippen LogP contribution < -0.4 is 5.73 Å². The predicted octanol–water partition coefficient (Wildman–Crippen LogP) is -2.93. The van der Waals surface area contributed by atoms with Gasteiger partial charge in [-0.2, -0.15) is 8.62 Å². The van der Waals surface area contributed by atoms with Gasteiger partial charge in [-0.1, -0.05) is 0 Å². The molecule has 1 aliphatic heterocycles. The summed E-state index contributed by atoms with van der Waals surface area (Å²) in [6.45, 7) is -0.956. The van der Waals surface area contributed by atoms with Crippen LogP contribution >= 0.6 is 23.5 Å². The summed E-state index contributed by atoms with van der Waals surface area (Å²) in [4.78, 5) is 47.2. The molecule has 0 aliphatic carbocycles. The van der Waals surface area contributed by atoms with Crippen molar-refractivity contribution in [1.82, 2.24) is 19.5 Å². The summed E-state index contributed by atoms with van der Waals surface area (Å²) in [6.07, 6.45) is -3.69. The van der Waals surface area contributed by atoms with Gasteiger partial charge in [-0.25, -0.2) is 28.6 Å². The number of anilines is 1. The van der Waals surface area contributed by atoms with Crippen molar-refractivity contribution >= 4 is 143 Å². The summed E-state index contributed by atoms with van der Waals surface area (Å²) in [6, 6.07) is 0. The molecule has 3 heterocycles. The fourth-order valence-corrected chi connectivity index (χ4v) is 5.65. The molecule has 1 fully saturated rings. The van der Waals surface area contributed by atoms with Gasteiger partial charge in [0.15, 0.2) is 17.7 Å². The standard InChI is InChI=1S/C10H16N5O13P3.2K.2H/c11-8-5-9(13-2-12-8)15(3-14-5)10-7(17)6(16)4(26-10)1-25-30(21,22)28-31(23,24)27-29(18,19)20;;;;/h2-4,6-7,10,16-17H,1H2,(H,21,22)(H,23,24)(H2,11,12,13)(H2,18,19,20);;;;/t4-,6-,7-,10-;;;;/m1..../s1. The van der Waals surface area contributed by atoms with E-state index in [1.807, 2.05) is 0 Å². The van der Waals surface area contributed by atoms with E-state index in [4.69, 9.17) is 25.2 Å². The number of phosphoric acid groups is 3. The van der Waals surface area contributed by atoms with Gasteiger partial charge in [0.2, 0.25) is 0 Å². The Bertz CT molecular complexity index is 1120. The van der Waals surface area contributed by atoms with Gasteiger partial charge in [0.05, 0.1) is 12.9 Å². The van der Waals surface area contributed by atoms with Gasteiger partial charge in [-0.3, -0.25) is 9.09 Å². The van der Waals surface area contributed by atoms with Gasteiger partial charge >= 0.3 is 126 Å². The second-order valence-corrected chi connectivity index (χ2v) is 10.4. The van der Waals surface area contributed by atoms with E-state index in [0.717, 1.165) is 6.33 Å². The van der Waals surface area contributed by atoms with Gasteiger partial charge in [0.25, 0.3) is 0 Å². The number of aliphatic hydroxyl groups is 2. The molecule has 2 unspecified atom stereocenters. The maximum absolute atomic E-state index is 11.8. The summed E-state index contributed by atoms with van der Waals surface area (Å²) in [5.41, 5.74) is 6.00. The van der Waals surface area contributed by atoms with Crippen LogP contribution in [0.3, 0.4) is 0 Å². The number of aromatic nitrogens is 4. The first-order valence-corrected chi connectivity index (χ1v) is 12.4. The monoisotopic (exact) mass is 587 g/mol. The molecular formula is C10H18K2N5O13P3. The minimum absolute atomic E-state index is 0. The number of ether oxygens (including phenoxy) is 1. The quantitative estimate of drug-likeness (QED) is 0.120. The first-order chi connectivity index (χ1) is 14.2. The Morgan fingerprint density at radius 1 is 1.00 bits per heavy atom. The molecule has 23 heteroatoms. The van der Waals surface area contributed by atoms with Crippen LogP contribution in [-0.2, 0) is 31.6 Å². The van der Waals surface area contributed by atoms with Crippen LogP contribution in [0.1, 0.15) is 6.23 Å². The average molecular weight is 587 g/mol. The zero-order chi connectivity index (χ0) is 23.2. The fourth-order valence-electron chi connectivity index (χ4n) is 2.62. The second-order valence-electron chi connectivity index (χ2n) is 6.02. The van der Waals surface area contributed by atoms with E-state index >= 15 is 0 Å². The van der Waals surface area contributed by atoms with E-state index < -0.39 is 54.6 Å². The first kappa shape index (κ1) is 32.9. The normalized spacial score (nSPS) is 26.7. The van der Waals surface area contributed by atoms with Crippen LogP contribution in [0.25, 0.3) is 11.2 Å². The van der Waals surface area contributed by atoms with Crippen LogP contribution in [-0.4, -0.2) is 177 Å². The predicted molar refractivity (Wildman–Crippen MR) is 110 cm³/mol. The van der Waals surface area contributed by atoms with Gasteiger partial charge in [-0.05, 0) is 0 Å². The number of phosphoric ester groups is 1. The topological polar surface area (TPSA) is 279 Å². The SMILES string of the molecule is Nc1ncnc2c1ncn2[C@@H]1O[C@H](COP(=O)(O)OP(=O)(O)OP(=O)(O)O)[C@@H](O)[C@H]1O.[KH].[KH]. The van der Waals surface area contributed by atoms with Crippen LogP contribution in [0.4, 0.5) is 5.82 Å². The molecule has 1 saturated heterocycles. The van der Waals surface area contributed by atoms with Gasteiger partial charge in [0.1, 0.15) is 30.2 Å². The number of aliphatic hydroxyl groups excluding tert-OH is 2. The summed E-state index contributed by atoms with van der Waals surface area (Å²) in [5.74, 6) is 0.0426. The molecule has 2 aromatic rings. The maximum atomic E-state index is 11.8. The minimum atomic E-state index is -5.70. The van der Waals surface area contributed by atoms with Crippen LogP contribution in [0, 0.1) is 0 Å². The number of nitrogens with zero attached hydrogens (tertiary/aromatic N) is 4. The van der Waals surface area contributed by atoms with Crippen molar-refractivity contribution in [3.8, 4) is 0 Å². The molecular weight excluding hydrogens is 569 g/mol. The molecule has 178 valence electrons. The van der Waals surface area contributed by atoms with Crippen molar-refractivity contribution in [3.05, 3.63) is 12.7 Å². The Labute approximate surface area is 269 Å². The van der Waals surface area contributed by atoms with E-state index in [1.165, 1.54) is 10.9 Å². The molecule has 1 aliphatic rings. The van der Waals surface area contributed by atoms with Gasteiger partial charge < -0.3 is 40.3 Å². The third-order valence-corrected chi connectivity index (χ3v) is 7.62. The van der Waals surface area contributed by atoms with Crippen molar-refractivity contribution in [2.75, 3.05) is 12.3 Å². The molecule has 3 rings (SSSR count). The molecule has 0 aromatic carbocycles. The van der Waals surface area contributed by atoms with E-state index in [-0.39, 0.29) is 120 Å². The number of rotatable bonds is 8. The Hall–Kier alpha value is 1.91. The summed E-state index contributed by atoms with van der Waals surface area (Å²) in [5, 5.41) is 20.4. The molecule has 0 bridgehead atoms. The zero-order valence-corrected chi connectivity index (χ0v) is 17.6. The molecule has 33 heavy (non-hydrogen) atoms. The summed E-state index contributed by atoms with van der Waals surface area (Å²) >= 11 is 0. The van der Waals surface area contributed by atoms with Crippen molar-refractivity contribution in [2.24, 2.45) is 0 Å². The molecule has 0 amide bonds. The average Bonchev–Trinajstić information content (AvgIpc) is 3.13. The Morgan fingerprint density at radius 3 is 2.24 bits per heavy atom. The van der Waals surface area contributed by atoms with Crippen LogP contribution in [0.2, 0.25) is 0 Å².